The van der Waals surface area contributed by atoms with E-state index in [1.807, 2.05) is 24.3 Å². The van der Waals surface area contributed by atoms with E-state index in [-0.39, 0.29) is 18.2 Å². The van der Waals surface area contributed by atoms with Crippen molar-refractivity contribution in [2.75, 3.05) is 10.2 Å². The average molecular weight is 380 g/mol. The van der Waals surface area contributed by atoms with Gasteiger partial charge in [-0.25, -0.2) is 4.90 Å². The lowest BCUT2D eigenvalue weighted by atomic mass is 10.2. The molecule has 0 aliphatic carbocycles. The minimum Gasteiger partial charge on any atom is -0.372 e. The quantitative estimate of drug-likeness (QED) is 0.824. The van der Waals surface area contributed by atoms with Gasteiger partial charge in [0.05, 0.1) is 17.1 Å². The fraction of sp³-hybridized carbons (Fsp3) is 0.125. The van der Waals surface area contributed by atoms with Crippen molar-refractivity contribution in [2.24, 2.45) is 0 Å². The second-order valence-corrected chi connectivity index (χ2v) is 6.16. The van der Waals surface area contributed by atoms with Gasteiger partial charge < -0.3 is 5.32 Å². The molecule has 1 aliphatic heterocycles. The Kier molecular flexibility index (Phi) is 4.18. The molecule has 1 atom stereocenters. The van der Waals surface area contributed by atoms with Crippen LogP contribution in [0.1, 0.15) is 6.42 Å². The molecule has 0 bridgehead atoms. The third-order valence-corrected chi connectivity index (χ3v) is 4.45. The minimum absolute atomic E-state index is 0.103. The molecule has 0 saturated carbocycles. The Bertz CT molecular complexity index is 750. The van der Waals surface area contributed by atoms with Crippen LogP contribution in [-0.4, -0.2) is 17.9 Å². The highest BCUT2D eigenvalue weighted by atomic mass is 79.9. The van der Waals surface area contributed by atoms with Gasteiger partial charge in [0.1, 0.15) is 6.04 Å². The second kappa shape index (κ2) is 6.10. The highest BCUT2D eigenvalue weighted by molar-refractivity contribution is 9.10. The van der Waals surface area contributed by atoms with Gasteiger partial charge in [-0.05, 0) is 40.2 Å². The average Bonchev–Trinajstić information content (AvgIpc) is 2.77. The number of para-hydroxylation sites is 2. The van der Waals surface area contributed by atoms with Gasteiger partial charge in [-0.1, -0.05) is 35.9 Å². The van der Waals surface area contributed by atoms with E-state index in [1.165, 1.54) is 0 Å². The van der Waals surface area contributed by atoms with Crippen molar-refractivity contribution in [2.45, 2.75) is 12.5 Å². The number of rotatable bonds is 3. The van der Waals surface area contributed by atoms with E-state index in [4.69, 9.17) is 11.6 Å². The third kappa shape index (κ3) is 2.74. The molecule has 3 rings (SSSR count). The number of carbonyl (C=O) groups excluding carboxylic acids is 2. The lowest BCUT2D eigenvalue weighted by Gasteiger charge is -2.17. The Labute approximate surface area is 141 Å². The maximum Gasteiger partial charge on any atom is 0.256 e. The van der Waals surface area contributed by atoms with Gasteiger partial charge in [0.15, 0.2) is 0 Å². The molecule has 1 saturated heterocycles. The Morgan fingerprint density at radius 2 is 1.77 bits per heavy atom. The van der Waals surface area contributed by atoms with Crippen LogP contribution >= 0.6 is 27.5 Å². The molecule has 0 unspecified atom stereocenters. The zero-order chi connectivity index (χ0) is 15.7. The number of carbonyl (C=O) groups is 2. The molecule has 2 aromatic rings. The summed E-state index contributed by atoms with van der Waals surface area (Å²) in [5.41, 5.74) is 1.20. The van der Waals surface area contributed by atoms with Gasteiger partial charge in [0, 0.05) is 10.2 Å². The fourth-order valence-electron chi connectivity index (χ4n) is 2.40. The summed E-state index contributed by atoms with van der Waals surface area (Å²) in [7, 11) is 0. The number of halogens is 2. The van der Waals surface area contributed by atoms with E-state index in [1.54, 1.807) is 24.3 Å². The lowest BCUT2D eigenvalue weighted by Crippen LogP contribution is -2.35. The molecule has 2 amide bonds. The zero-order valence-electron chi connectivity index (χ0n) is 11.4. The predicted molar refractivity (Wildman–Crippen MR) is 90.1 cm³/mol. The van der Waals surface area contributed by atoms with Crippen LogP contribution in [-0.2, 0) is 9.59 Å². The zero-order valence-corrected chi connectivity index (χ0v) is 13.8. The van der Waals surface area contributed by atoms with Gasteiger partial charge >= 0.3 is 0 Å². The standard InChI is InChI=1S/C16H12BrClN2O2/c17-10-5-1-3-7-12(10)19-13-9-15(21)20(16(13)22)14-8-4-2-6-11(14)18/h1-8,13,19H,9H2/t13-/m1/s1. The molecule has 0 radical (unpaired) electrons. The minimum atomic E-state index is -0.595. The summed E-state index contributed by atoms with van der Waals surface area (Å²) in [6.45, 7) is 0. The van der Waals surface area contributed by atoms with Crippen molar-refractivity contribution in [3.63, 3.8) is 0 Å². The summed E-state index contributed by atoms with van der Waals surface area (Å²) in [5.74, 6) is -0.559. The molecule has 4 nitrogen and oxygen atoms in total. The van der Waals surface area contributed by atoms with Crippen molar-refractivity contribution in [1.29, 1.82) is 0 Å². The molecular weight excluding hydrogens is 368 g/mol. The lowest BCUT2D eigenvalue weighted by molar-refractivity contribution is -0.121. The summed E-state index contributed by atoms with van der Waals surface area (Å²) in [4.78, 5) is 25.9. The van der Waals surface area contributed by atoms with E-state index in [2.05, 4.69) is 21.2 Å². The third-order valence-electron chi connectivity index (χ3n) is 3.44. The summed E-state index contributed by atoms with van der Waals surface area (Å²) < 4.78 is 0.839. The van der Waals surface area contributed by atoms with Crippen molar-refractivity contribution in [1.82, 2.24) is 0 Å². The molecule has 0 spiro atoms. The van der Waals surface area contributed by atoms with E-state index in [0.717, 1.165) is 15.1 Å². The van der Waals surface area contributed by atoms with Gasteiger partial charge in [-0.2, -0.15) is 0 Å². The van der Waals surface area contributed by atoms with E-state index in [9.17, 15) is 9.59 Å². The second-order valence-electron chi connectivity index (χ2n) is 4.90. The molecule has 1 fully saturated rings. The van der Waals surface area contributed by atoms with Crippen LogP contribution in [0, 0.1) is 0 Å². The first-order valence-electron chi connectivity index (χ1n) is 6.70. The van der Waals surface area contributed by atoms with Gasteiger partial charge in [0.2, 0.25) is 5.91 Å². The van der Waals surface area contributed by atoms with Crippen LogP contribution in [0.5, 0.6) is 0 Å². The Morgan fingerprint density at radius 3 is 2.50 bits per heavy atom. The monoisotopic (exact) mass is 378 g/mol. The van der Waals surface area contributed by atoms with E-state index >= 15 is 0 Å². The number of imide groups is 1. The molecule has 1 aliphatic rings. The van der Waals surface area contributed by atoms with Gasteiger partial charge in [-0.3, -0.25) is 9.59 Å². The van der Waals surface area contributed by atoms with Crippen molar-refractivity contribution in [3.8, 4) is 0 Å². The first-order chi connectivity index (χ1) is 10.6. The predicted octanol–water partition coefficient (Wildman–Crippen LogP) is 3.85. The van der Waals surface area contributed by atoms with Crippen LogP contribution in [0.4, 0.5) is 11.4 Å². The van der Waals surface area contributed by atoms with Crippen molar-refractivity contribution in [3.05, 3.63) is 58.0 Å². The largest absolute Gasteiger partial charge is 0.372 e. The molecular formula is C16H12BrClN2O2. The SMILES string of the molecule is O=C1C[C@@H](Nc2ccccc2Br)C(=O)N1c1ccccc1Cl. The van der Waals surface area contributed by atoms with Crippen molar-refractivity contribution >= 4 is 50.7 Å². The molecule has 0 aromatic heterocycles. The topological polar surface area (TPSA) is 49.4 Å². The number of amides is 2. The molecule has 1 N–H and O–H groups in total. The number of benzene rings is 2. The van der Waals surface area contributed by atoms with Gasteiger partial charge in [0.25, 0.3) is 5.91 Å². The van der Waals surface area contributed by atoms with Crippen molar-refractivity contribution < 1.29 is 9.59 Å². The number of hydrogen-bond acceptors (Lipinski definition) is 3. The van der Waals surface area contributed by atoms with Crippen LogP contribution < -0.4 is 10.2 Å². The normalized spacial score (nSPS) is 17.9. The number of hydrogen-bond donors (Lipinski definition) is 1. The van der Waals surface area contributed by atoms with E-state index in [0.29, 0.717) is 10.7 Å². The molecule has 1 heterocycles. The number of anilines is 2. The molecule has 22 heavy (non-hydrogen) atoms. The first kappa shape index (κ1) is 15.1. The van der Waals surface area contributed by atoms with Crippen LogP contribution in [0.3, 0.4) is 0 Å². The van der Waals surface area contributed by atoms with Crippen LogP contribution in [0.15, 0.2) is 53.0 Å². The summed E-state index contributed by atoms with van der Waals surface area (Å²) >= 11 is 9.51. The maximum atomic E-state index is 12.6. The van der Waals surface area contributed by atoms with Crippen LogP contribution in [0.2, 0.25) is 5.02 Å². The molecule has 112 valence electrons. The highest BCUT2D eigenvalue weighted by Crippen LogP contribution is 2.31. The Hall–Kier alpha value is -1.85. The summed E-state index contributed by atoms with van der Waals surface area (Å²) in [6, 6.07) is 13.7. The first-order valence-corrected chi connectivity index (χ1v) is 7.87. The maximum absolute atomic E-state index is 12.6. The molecule has 6 heteroatoms. The smallest absolute Gasteiger partial charge is 0.256 e. The Balaban J connectivity index is 1.86. The highest BCUT2D eigenvalue weighted by Gasteiger charge is 2.40. The Morgan fingerprint density at radius 1 is 1.09 bits per heavy atom. The number of nitrogens with one attached hydrogen (secondary N) is 1. The van der Waals surface area contributed by atoms with Gasteiger partial charge in [-0.15, -0.1) is 0 Å². The fourth-order valence-corrected chi connectivity index (χ4v) is 3.02. The van der Waals surface area contributed by atoms with E-state index < -0.39 is 6.04 Å². The summed E-state index contributed by atoms with van der Waals surface area (Å²) in [5, 5.41) is 3.49. The molecule has 2 aromatic carbocycles. The summed E-state index contributed by atoms with van der Waals surface area (Å²) in [6.07, 6.45) is 0.103. The van der Waals surface area contributed by atoms with Crippen LogP contribution in [0.25, 0.3) is 0 Å². The number of nitrogens with zero attached hydrogens (tertiary/aromatic N) is 1.